The normalized spacial score (nSPS) is 28.6. The van der Waals surface area contributed by atoms with Crippen LogP contribution in [0.5, 0.6) is 0 Å². The molecule has 3 heteroatoms. The molecule has 1 saturated carbocycles. The van der Waals surface area contributed by atoms with Crippen LogP contribution in [0.3, 0.4) is 0 Å². The van der Waals surface area contributed by atoms with Gasteiger partial charge in [-0.25, -0.2) is 0 Å². The van der Waals surface area contributed by atoms with E-state index in [1.165, 1.54) is 12.8 Å². The molecule has 80 valence electrons. The summed E-state index contributed by atoms with van der Waals surface area (Å²) in [7, 11) is 0. The van der Waals surface area contributed by atoms with Crippen molar-refractivity contribution in [1.29, 1.82) is 0 Å². The number of rotatable bonds is 2. The molecule has 0 bridgehead atoms. The fourth-order valence-electron chi connectivity index (χ4n) is 2.28. The summed E-state index contributed by atoms with van der Waals surface area (Å²) in [4.78, 5) is 14.0. The summed E-state index contributed by atoms with van der Waals surface area (Å²) in [6.07, 6.45) is 6.96. The molecule has 0 spiro atoms. The summed E-state index contributed by atoms with van der Waals surface area (Å²) in [6.45, 7) is 1.58. The average molecular weight is 196 g/mol. The SMILES string of the molecule is NCC1CCCCCN1C(=O)C1CC1. The Labute approximate surface area is 85.6 Å². The van der Waals surface area contributed by atoms with Crippen molar-refractivity contribution in [2.75, 3.05) is 13.1 Å². The maximum atomic E-state index is 12.0. The van der Waals surface area contributed by atoms with E-state index in [0.29, 0.717) is 24.4 Å². The van der Waals surface area contributed by atoms with Crippen molar-refractivity contribution in [3.05, 3.63) is 0 Å². The van der Waals surface area contributed by atoms with Gasteiger partial charge >= 0.3 is 0 Å². The number of nitrogens with two attached hydrogens (primary N) is 1. The topological polar surface area (TPSA) is 46.3 Å². The zero-order valence-electron chi connectivity index (χ0n) is 8.74. The zero-order chi connectivity index (χ0) is 9.97. The van der Waals surface area contributed by atoms with Gasteiger partial charge in [0.25, 0.3) is 0 Å². The van der Waals surface area contributed by atoms with Crippen LogP contribution < -0.4 is 5.73 Å². The van der Waals surface area contributed by atoms with Gasteiger partial charge in [-0.1, -0.05) is 12.8 Å². The second-order valence-corrected chi connectivity index (χ2v) is 4.54. The molecule has 2 rings (SSSR count). The second-order valence-electron chi connectivity index (χ2n) is 4.54. The van der Waals surface area contributed by atoms with Crippen LogP contribution in [-0.4, -0.2) is 29.9 Å². The van der Waals surface area contributed by atoms with Crippen molar-refractivity contribution in [1.82, 2.24) is 4.90 Å². The predicted molar refractivity (Wildman–Crippen MR) is 55.7 cm³/mol. The maximum Gasteiger partial charge on any atom is 0.225 e. The van der Waals surface area contributed by atoms with E-state index in [-0.39, 0.29) is 0 Å². The van der Waals surface area contributed by atoms with Crippen molar-refractivity contribution in [2.24, 2.45) is 11.7 Å². The monoisotopic (exact) mass is 196 g/mol. The van der Waals surface area contributed by atoms with E-state index >= 15 is 0 Å². The van der Waals surface area contributed by atoms with Crippen LogP contribution >= 0.6 is 0 Å². The summed E-state index contributed by atoms with van der Waals surface area (Å²) in [5.41, 5.74) is 5.73. The highest BCUT2D eigenvalue weighted by Crippen LogP contribution is 2.32. The fraction of sp³-hybridized carbons (Fsp3) is 0.909. The first kappa shape index (κ1) is 9.97. The Bertz CT molecular complexity index is 213. The molecule has 2 fully saturated rings. The molecule has 1 atom stereocenters. The van der Waals surface area contributed by atoms with Gasteiger partial charge < -0.3 is 10.6 Å². The Morgan fingerprint density at radius 3 is 2.64 bits per heavy atom. The lowest BCUT2D eigenvalue weighted by Gasteiger charge is -2.29. The van der Waals surface area contributed by atoms with E-state index < -0.39 is 0 Å². The lowest BCUT2D eigenvalue weighted by molar-refractivity contribution is -0.134. The summed E-state index contributed by atoms with van der Waals surface area (Å²) >= 11 is 0. The van der Waals surface area contributed by atoms with Crippen LogP contribution in [0.1, 0.15) is 38.5 Å². The third kappa shape index (κ3) is 2.08. The number of nitrogens with zero attached hydrogens (tertiary/aromatic N) is 1. The maximum absolute atomic E-state index is 12.0. The van der Waals surface area contributed by atoms with Gasteiger partial charge in [-0.2, -0.15) is 0 Å². The molecule has 1 heterocycles. The first-order valence-corrected chi connectivity index (χ1v) is 5.83. The Balaban J connectivity index is 1.99. The minimum atomic E-state index is 0.325. The molecule has 0 aromatic rings. The number of carbonyl (C=O) groups excluding carboxylic acids is 1. The molecule has 14 heavy (non-hydrogen) atoms. The summed E-state index contributed by atoms with van der Waals surface area (Å²) < 4.78 is 0. The molecule has 1 aliphatic heterocycles. The van der Waals surface area contributed by atoms with Crippen molar-refractivity contribution in [3.63, 3.8) is 0 Å². The van der Waals surface area contributed by atoms with E-state index in [4.69, 9.17) is 5.73 Å². The van der Waals surface area contributed by atoms with Crippen molar-refractivity contribution in [2.45, 2.75) is 44.6 Å². The molecule has 3 nitrogen and oxygen atoms in total. The molecule has 1 saturated heterocycles. The van der Waals surface area contributed by atoms with E-state index in [1.54, 1.807) is 0 Å². The van der Waals surface area contributed by atoms with E-state index in [2.05, 4.69) is 4.90 Å². The molecule has 1 aliphatic carbocycles. The summed E-state index contributed by atoms with van der Waals surface area (Å²) in [5.74, 6) is 0.726. The van der Waals surface area contributed by atoms with Gasteiger partial charge in [0.1, 0.15) is 0 Å². The number of hydrogen-bond acceptors (Lipinski definition) is 2. The Morgan fingerprint density at radius 1 is 1.21 bits per heavy atom. The van der Waals surface area contributed by atoms with Gasteiger partial charge in [0.15, 0.2) is 0 Å². The van der Waals surface area contributed by atoms with Gasteiger partial charge in [0.05, 0.1) is 0 Å². The lowest BCUT2D eigenvalue weighted by Crippen LogP contribution is -2.44. The average Bonchev–Trinajstić information content (AvgIpc) is 3.03. The third-order valence-corrected chi connectivity index (χ3v) is 3.36. The van der Waals surface area contributed by atoms with Crippen molar-refractivity contribution >= 4 is 5.91 Å². The molecule has 0 radical (unpaired) electrons. The molecule has 1 unspecified atom stereocenters. The lowest BCUT2D eigenvalue weighted by atomic mass is 10.1. The van der Waals surface area contributed by atoms with Crippen LogP contribution in [-0.2, 0) is 4.79 Å². The summed E-state index contributed by atoms with van der Waals surface area (Å²) in [5, 5.41) is 0. The molecule has 2 N–H and O–H groups in total. The van der Waals surface area contributed by atoms with Crippen LogP contribution in [0.4, 0.5) is 0 Å². The number of amides is 1. The van der Waals surface area contributed by atoms with Crippen molar-refractivity contribution in [3.8, 4) is 0 Å². The zero-order valence-corrected chi connectivity index (χ0v) is 8.74. The second kappa shape index (κ2) is 4.30. The quantitative estimate of drug-likeness (QED) is 0.719. The molecular formula is C11H20N2O. The number of carbonyl (C=O) groups is 1. The minimum Gasteiger partial charge on any atom is -0.338 e. The van der Waals surface area contributed by atoms with E-state index in [0.717, 1.165) is 32.2 Å². The number of hydrogen-bond donors (Lipinski definition) is 1. The summed E-state index contributed by atoms with van der Waals surface area (Å²) in [6, 6.07) is 0.325. The van der Waals surface area contributed by atoms with Gasteiger partial charge in [-0.05, 0) is 25.7 Å². The van der Waals surface area contributed by atoms with Crippen LogP contribution in [0.15, 0.2) is 0 Å². The highest BCUT2D eigenvalue weighted by atomic mass is 16.2. The van der Waals surface area contributed by atoms with Gasteiger partial charge in [0.2, 0.25) is 5.91 Å². The Morgan fingerprint density at radius 2 is 2.00 bits per heavy atom. The molecule has 0 aromatic carbocycles. The minimum absolute atomic E-state index is 0.325. The first-order chi connectivity index (χ1) is 6.83. The highest BCUT2D eigenvalue weighted by Gasteiger charge is 2.36. The van der Waals surface area contributed by atoms with E-state index in [9.17, 15) is 4.79 Å². The van der Waals surface area contributed by atoms with Crippen LogP contribution in [0.2, 0.25) is 0 Å². The smallest absolute Gasteiger partial charge is 0.225 e. The third-order valence-electron chi connectivity index (χ3n) is 3.36. The Kier molecular flexibility index (Phi) is 3.06. The standard InChI is InChI=1S/C11H20N2O/c12-8-10-4-2-1-3-7-13(10)11(14)9-5-6-9/h9-10H,1-8,12H2. The Hall–Kier alpha value is -0.570. The van der Waals surface area contributed by atoms with Crippen molar-refractivity contribution < 1.29 is 4.79 Å². The molecule has 0 aromatic heterocycles. The molecule has 2 aliphatic rings. The highest BCUT2D eigenvalue weighted by molar-refractivity contribution is 5.81. The van der Waals surface area contributed by atoms with Crippen LogP contribution in [0, 0.1) is 5.92 Å². The van der Waals surface area contributed by atoms with Gasteiger partial charge in [-0.3, -0.25) is 4.79 Å². The van der Waals surface area contributed by atoms with Gasteiger partial charge in [-0.15, -0.1) is 0 Å². The van der Waals surface area contributed by atoms with Gasteiger partial charge in [0, 0.05) is 25.0 Å². The number of likely N-dealkylation sites (tertiary alicyclic amines) is 1. The predicted octanol–water partition coefficient (Wildman–Crippen LogP) is 1.13. The van der Waals surface area contributed by atoms with Crippen LogP contribution in [0.25, 0.3) is 0 Å². The molecular weight excluding hydrogens is 176 g/mol. The fourth-order valence-corrected chi connectivity index (χ4v) is 2.28. The first-order valence-electron chi connectivity index (χ1n) is 5.83. The largest absolute Gasteiger partial charge is 0.338 e. The molecule has 1 amide bonds. The van der Waals surface area contributed by atoms with E-state index in [1.807, 2.05) is 0 Å².